The maximum Gasteiger partial charge on any atom is 0.354 e. The fraction of sp³-hybridized carbons (Fsp3) is 0.133. The Balaban J connectivity index is 0.873. The molecule has 82 heavy (non-hydrogen) atoms. The van der Waals surface area contributed by atoms with Crippen molar-refractivity contribution < 1.29 is 14.7 Å². The van der Waals surface area contributed by atoms with Crippen LogP contribution in [0.1, 0.15) is 106 Å². The Kier molecular flexibility index (Phi) is 14.3. The summed E-state index contributed by atoms with van der Waals surface area (Å²) in [5.41, 5.74) is 18.8. The smallest absolute Gasteiger partial charge is 0.354 e. The summed E-state index contributed by atoms with van der Waals surface area (Å²) < 4.78 is 0. The fourth-order valence-corrected chi connectivity index (χ4v) is 13.3. The van der Waals surface area contributed by atoms with Gasteiger partial charge in [0.15, 0.2) is 5.71 Å². The van der Waals surface area contributed by atoms with Gasteiger partial charge < -0.3 is 20.2 Å². The van der Waals surface area contributed by atoms with Gasteiger partial charge in [-0.15, -0.1) is 0 Å². The number of carboxylic acids is 1. The first-order chi connectivity index (χ1) is 40.3. The van der Waals surface area contributed by atoms with E-state index in [-0.39, 0.29) is 5.57 Å². The summed E-state index contributed by atoms with van der Waals surface area (Å²) in [6, 6.07) is 83.3. The summed E-state index contributed by atoms with van der Waals surface area (Å²) in [5, 5.41) is 21.7. The number of rotatable bonds is 15. The van der Waals surface area contributed by atoms with E-state index >= 15 is 0 Å². The first-order valence-corrected chi connectivity index (χ1v) is 28.7. The van der Waals surface area contributed by atoms with Gasteiger partial charge in [0.05, 0.1) is 5.57 Å². The van der Waals surface area contributed by atoms with E-state index in [1.165, 1.54) is 62.0 Å². The van der Waals surface area contributed by atoms with Crippen LogP contribution < -0.4 is 15.1 Å². The molecule has 0 radical (unpaired) electrons. The van der Waals surface area contributed by atoms with Crippen molar-refractivity contribution in [2.24, 2.45) is 0 Å². The number of nitrogens with one attached hydrogen (secondary N) is 2. The lowest BCUT2D eigenvalue weighted by Crippen LogP contribution is -2.26. The third kappa shape index (κ3) is 10.2. The normalized spacial score (nSPS) is 17.4. The van der Waals surface area contributed by atoms with Crippen molar-refractivity contribution in [1.29, 1.82) is 5.41 Å². The molecule has 13 rings (SSSR count). The van der Waals surface area contributed by atoms with Gasteiger partial charge in [0.25, 0.3) is 5.91 Å². The van der Waals surface area contributed by atoms with Crippen molar-refractivity contribution in [1.82, 2.24) is 0 Å². The molecule has 9 aromatic carbocycles. The minimum absolute atomic E-state index is 0.240. The van der Waals surface area contributed by atoms with E-state index < -0.39 is 17.6 Å². The highest BCUT2D eigenvalue weighted by atomic mass is 16.4. The number of carboxylic acid groups (broad SMARTS) is 1. The SMILES string of the molecule is N=C(C(=O)O)/C(=C/C=C(c1ccc2c(c1)C1CCCC1N2c1ccc(C=C(c2ccccc2)c2ccccc2)cc1)c1ccc2c(c1)C1CCCC1N2c1ccc(C=C(c2ccccc2)c2ccccc2)cc1)C(=O)Nc1ccccc1. The Hall–Kier alpha value is -9.85. The Labute approximate surface area is 480 Å². The molecule has 0 spiro atoms. The molecule has 0 bridgehead atoms. The van der Waals surface area contributed by atoms with Crippen LogP contribution in [0.4, 0.5) is 28.4 Å². The van der Waals surface area contributed by atoms with E-state index in [0.717, 1.165) is 77.7 Å². The van der Waals surface area contributed by atoms with Gasteiger partial charge in [0.2, 0.25) is 0 Å². The summed E-state index contributed by atoms with van der Waals surface area (Å²) in [5.74, 6) is -1.51. The van der Waals surface area contributed by atoms with Crippen LogP contribution in [0.25, 0.3) is 28.9 Å². The summed E-state index contributed by atoms with van der Waals surface area (Å²) in [4.78, 5) is 31.6. The van der Waals surface area contributed by atoms with Crippen molar-refractivity contribution in [2.75, 3.05) is 15.1 Å². The van der Waals surface area contributed by atoms with Crippen LogP contribution in [-0.4, -0.2) is 34.8 Å². The minimum atomic E-state index is -1.48. The number of hydrogen-bond acceptors (Lipinski definition) is 5. The monoisotopic (exact) mass is 1070 g/mol. The van der Waals surface area contributed by atoms with Crippen molar-refractivity contribution in [3.05, 3.63) is 310 Å². The summed E-state index contributed by atoms with van der Waals surface area (Å²) in [6.45, 7) is 0. The molecule has 400 valence electrons. The van der Waals surface area contributed by atoms with Crippen molar-refractivity contribution in [3.63, 3.8) is 0 Å². The molecule has 1 amide bonds. The molecule has 4 unspecified atom stereocenters. The predicted molar refractivity (Wildman–Crippen MR) is 336 cm³/mol. The quantitative estimate of drug-likeness (QED) is 0.0411. The lowest BCUT2D eigenvalue weighted by atomic mass is 9.89. The van der Waals surface area contributed by atoms with Crippen LogP contribution in [0.2, 0.25) is 0 Å². The highest BCUT2D eigenvalue weighted by Gasteiger charge is 2.44. The zero-order valence-corrected chi connectivity index (χ0v) is 45.5. The second-order valence-corrected chi connectivity index (χ2v) is 21.9. The van der Waals surface area contributed by atoms with Crippen molar-refractivity contribution in [2.45, 2.75) is 62.4 Å². The number of hydrogen-bond donors (Lipinski definition) is 3. The molecular weight excluding hydrogens is 1000 g/mol. The number of carbonyl (C=O) groups excluding carboxylic acids is 1. The van der Waals surface area contributed by atoms with Crippen LogP contribution in [0.5, 0.6) is 0 Å². The molecule has 0 saturated heterocycles. The van der Waals surface area contributed by atoms with Crippen LogP contribution in [0.15, 0.2) is 254 Å². The average Bonchev–Trinajstić information content (AvgIpc) is 3.76. The van der Waals surface area contributed by atoms with E-state index in [2.05, 4.69) is 234 Å². The largest absolute Gasteiger partial charge is 0.477 e. The molecule has 4 atom stereocenters. The van der Waals surface area contributed by atoms with Crippen LogP contribution in [-0.2, 0) is 9.59 Å². The van der Waals surface area contributed by atoms with Gasteiger partial charge in [0, 0.05) is 52.4 Å². The Bertz CT molecular complexity index is 3670. The van der Waals surface area contributed by atoms with E-state index in [4.69, 9.17) is 5.41 Å². The van der Waals surface area contributed by atoms with Gasteiger partial charge in [-0.3, -0.25) is 10.2 Å². The summed E-state index contributed by atoms with van der Waals surface area (Å²) in [6.07, 6.45) is 14.5. The topological polar surface area (TPSA) is 96.7 Å². The molecule has 2 aliphatic heterocycles. The van der Waals surface area contributed by atoms with Gasteiger partial charge >= 0.3 is 5.97 Å². The zero-order chi connectivity index (χ0) is 55.5. The number of nitrogens with zero attached hydrogens (tertiary/aromatic N) is 2. The standard InChI is InChI=1S/C75H62N4O3/c76-73(75(81)82)64(74(80)77-58-26-14-5-15-27-58)43-42-61(56-36-44-71-67(48-56)62-28-16-30-69(62)78(71)59-38-32-50(33-39-59)46-65(52-18-6-1-7-19-52)53-20-8-2-9-21-53)57-37-45-72-68(49-57)63-29-17-31-70(63)79(72)60-40-34-51(35-41-60)47-66(54-22-10-3-11-23-54)55-24-12-4-13-25-55/h1-15,18-27,32-49,62-63,69-70,76H,16-17,28-31H2,(H,77,80)(H,81,82)/b61-42?,64-43-,76-73?. The van der Waals surface area contributed by atoms with Crippen LogP contribution in [0.3, 0.4) is 0 Å². The molecule has 9 aromatic rings. The highest BCUT2D eigenvalue weighted by Crippen LogP contribution is 2.55. The maximum atomic E-state index is 14.0. The van der Waals surface area contributed by atoms with Gasteiger partial charge in [-0.05, 0) is 177 Å². The number of carbonyl (C=O) groups is 2. The summed E-state index contributed by atoms with van der Waals surface area (Å²) >= 11 is 0. The lowest BCUT2D eigenvalue weighted by Gasteiger charge is -2.27. The lowest BCUT2D eigenvalue weighted by molar-refractivity contribution is -0.129. The molecule has 0 aromatic heterocycles. The van der Waals surface area contributed by atoms with Gasteiger partial charge in [-0.25, -0.2) is 4.79 Å². The Morgan fingerprint density at radius 2 is 0.829 bits per heavy atom. The van der Waals surface area contributed by atoms with Crippen molar-refractivity contribution in [3.8, 4) is 0 Å². The molecule has 2 saturated carbocycles. The fourth-order valence-electron chi connectivity index (χ4n) is 13.3. The molecule has 7 heteroatoms. The molecule has 2 aliphatic carbocycles. The number of allylic oxidation sites excluding steroid dienone is 2. The van der Waals surface area contributed by atoms with E-state index in [1.807, 2.05) is 12.1 Å². The third-order valence-electron chi connectivity index (χ3n) is 17.1. The maximum absolute atomic E-state index is 14.0. The average molecular weight is 1070 g/mol. The summed E-state index contributed by atoms with van der Waals surface area (Å²) in [7, 11) is 0. The highest BCUT2D eigenvalue weighted by molar-refractivity contribution is 6.48. The first kappa shape index (κ1) is 51.6. The minimum Gasteiger partial charge on any atom is -0.477 e. The van der Waals surface area contributed by atoms with Gasteiger partial charge in [-0.2, -0.15) is 0 Å². The van der Waals surface area contributed by atoms with Gasteiger partial charge in [-0.1, -0.05) is 195 Å². The van der Waals surface area contributed by atoms with Crippen LogP contribution in [0, 0.1) is 5.41 Å². The van der Waals surface area contributed by atoms with Crippen molar-refractivity contribution >= 4 is 74.9 Å². The van der Waals surface area contributed by atoms with Crippen LogP contribution >= 0.6 is 0 Å². The number of anilines is 5. The third-order valence-corrected chi connectivity index (χ3v) is 17.1. The second kappa shape index (κ2) is 22.7. The molecule has 3 N–H and O–H groups in total. The molecule has 2 fully saturated rings. The Morgan fingerprint density at radius 1 is 0.439 bits per heavy atom. The predicted octanol–water partition coefficient (Wildman–Crippen LogP) is 17.5. The molecule has 4 aliphatic rings. The second-order valence-electron chi connectivity index (χ2n) is 21.9. The number of benzene rings is 9. The van der Waals surface area contributed by atoms with Gasteiger partial charge in [0.1, 0.15) is 0 Å². The van der Waals surface area contributed by atoms with E-state index in [9.17, 15) is 14.7 Å². The van der Waals surface area contributed by atoms with E-state index in [0.29, 0.717) is 29.6 Å². The first-order valence-electron chi connectivity index (χ1n) is 28.7. The molecule has 7 nitrogen and oxygen atoms in total. The molecular formula is C75H62N4O3. The number of amides is 1. The molecule has 2 heterocycles. The zero-order valence-electron chi connectivity index (χ0n) is 45.5. The van der Waals surface area contributed by atoms with E-state index in [1.54, 1.807) is 24.3 Å². The Morgan fingerprint density at radius 3 is 1.22 bits per heavy atom. The number of fused-ring (bicyclic) bond motifs is 6. The number of para-hydroxylation sites is 1. The number of aliphatic carboxylic acids is 1.